The lowest BCUT2D eigenvalue weighted by molar-refractivity contribution is 0.535. The first kappa shape index (κ1) is 22.9. The van der Waals surface area contributed by atoms with Gasteiger partial charge in [-0.05, 0) is 46.7 Å². The maximum atomic E-state index is 13.4. The molecular weight excluding hydrogens is 512 g/mol. The zero-order valence-corrected chi connectivity index (χ0v) is 20.9. The number of nitrogens with one attached hydrogen (secondary N) is 1. The maximum Gasteiger partial charge on any atom is 0.284 e. The van der Waals surface area contributed by atoms with Crippen LogP contribution in [0.1, 0.15) is 0 Å². The van der Waals surface area contributed by atoms with E-state index >= 15 is 0 Å². The van der Waals surface area contributed by atoms with Crippen molar-refractivity contribution >= 4 is 33.5 Å². The van der Waals surface area contributed by atoms with Gasteiger partial charge in [0.1, 0.15) is 16.5 Å². The van der Waals surface area contributed by atoms with Crippen molar-refractivity contribution in [2.24, 2.45) is 0 Å². The molecule has 0 radical (unpaired) electrons. The Morgan fingerprint density at radius 2 is 1.54 bits per heavy atom. The van der Waals surface area contributed by atoms with Crippen LogP contribution in [-0.4, -0.2) is 25.0 Å². The number of para-hydroxylation sites is 2. The summed E-state index contributed by atoms with van der Waals surface area (Å²) in [4.78, 5) is 17.9. The highest BCUT2D eigenvalue weighted by Crippen LogP contribution is 2.41. The van der Waals surface area contributed by atoms with Crippen molar-refractivity contribution in [3.63, 3.8) is 0 Å². The van der Waals surface area contributed by atoms with E-state index in [1.807, 2.05) is 102 Å². The number of hydrogen-bond donors (Lipinski definition) is 1. The van der Waals surface area contributed by atoms with E-state index in [4.69, 9.17) is 21.4 Å². The fraction of sp³-hybridized carbons (Fsp3) is 0. The highest BCUT2D eigenvalue weighted by atomic mass is 35.5. The molecule has 0 saturated heterocycles. The van der Waals surface area contributed by atoms with E-state index in [0.717, 1.165) is 22.2 Å². The van der Waals surface area contributed by atoms with Crippen LogP contribution in [-0.2, 0) is 0 Å². The second kappa shape index (κ2) is 8.97. The van der Waals surface area contributed by atoms with E-state index in [2.05, 4.69) is 20.4 Å². The van der Waals surface area contributed by atoms with E-state index in [-0.39, 0.29) is 16.1 Å². The second-order valence-electron chi connectivity index (χ2n) is 8.93. The molecule has 0 unspecified atom stereocenters. The van der Waals surface area contributed by atoms with Crippen LogP contribution in [0.25, 0.3) is 61.3 Å². The lowest BCUT2D eigenvalue weighted by atomic mass is 9.94. The van der Waals surface area contributed by atoms with Crippen LogP contribution in [0.5, 0.6) is 0 Å². The molecule has 0 fully saturated rings. The molecule has 8 nitrogen and oxygen atoms in total. The SMILES string of the molecule is N=c1oc2ccccc2cc1-c1cc(-c2ccccc2)c2c3nnnc(Cl)c3c(=O)nc-2n1-c1ccccc1. The molecule has 0 bridgehead atoms. The molecule has 0 aliphatic carbocycles. The van der Waals surface area contributed by atoms with Gasteiger partial charge in [-0.3, -0.25) is 14.8 Å². The van der Waals surface area contributed by atoms with Gasteiger partial charge in [0.15, 0.2) is 11.0 Å². The van der Waals surface area contributed by atoms with Gasteiger partial charge < -0.3 is 4.42 Å². The van der Waals surface area contributed by atoms with Crippen LogP contribution in [0.15, 0.2) is 106 Å². The minimum absolute atomic E-state index is 0.0214. The van der Waals surface area contributed by atoms with E-state index in [0.29, 0.717) is 33.7 Å². The average molecular weight is 529 g/mol. The predicted octanol–water partition coefficient (Wildman–Crippen LogP) is 5.89. The van der Waals surface area contributed by atoms with Gasteiger partial charge in [-0.2, -0.15) is 4.98 Å². The molecule has 5 aromatic rings. The number of rotatable bonds is 3. The molecule has 0 amide bonds. The fourth-order valence-corrected chi connectivity index (χ4v) is 5.13. The minimum atomic E-state index is -0.569. The quantitative estimate of drug-likeness (QED) is 0.286. The summed E-state index contributed by atoms with van der Waals surface area (Å²) in [5, 5.41) is 21.6. The Morgan fingerprint density at radius 1 is 0.821 bits per heavy atom. The number of hydrogen-bond acceptors (Lipinski definition) is 7. The summed E-state index contributed by atoms with van der Waals surface area (Å²) in [6.45, 7) is 0. The molecule has 9 heteroatoms. The van der Waals surface area contributed by atoms with Crippen molar-refractivity contribution in [1.82, 2.24) is 25.0 Å². The number of benzene rings is 3. The van der Waals surface area contributed by atoms with Gasteiger partial charge in [-0.15, -0.1) is 10.2 Å². The van der Waals surface area contributed by atoms with Crippen LogP contribution >= 0.6 is 11.6 Å². The van der Waals surface area contributed by atoms with Gasteiger partial charge in [0.2, 0.25) is 5.55 Å². The Morgan fingerprint density at radius 3 is 2.33 bits per heavy atom. The predicted molar refractivity (Wildman–Crippen MR) is 149 cm³/mol. The van der Waals surface area contributed by atoms with Gasteiger partial charge in [-0.1, -0.05) is 78.3 Å². The van der Waals surface area contributed by atoms with E-state index in [1.54, 1.807) is 0 Å². The number of pyridine rings is 2. The lowest BCUT2D eigenvalue weighted by Gasteiger charge is -2.23. The molecule has 39 heavy (non-hydrogen) atoms. The van der Waals surface area contributed by atoms with Gasteiger partial charge in [-0.25, -0.2) is 0 Å². The van der Waals surface area contributed by atoms with Crippen molar-refractivity contribution in [1.29, 1.82) is 5.41 Å². The first-order valence-electron chi connectivity index (χ1n) is 12.1. The number of nitrogens with zero attached hydrogens (tertiary/aromatic N) is 5. The molecule has 0 atom stereocenters. The topological polar surface area (TPSA) is 111 Å². The van der Waals surface area contributed by atoms with Gasteiger partial charge in [0.05, 0.1) is 16.8 Å². The van der Waals surface area contributed by atoms with Crippen molar-refractivity contribution in [2.75, 3.05) is 0 Å². The average Bonchev–Trinajstić information content (AvgIpc) is 2.97. The summed E-state index contributed by atoms with van der Waals surface area (Å²) < 4.78 is 7.77. The molecule has 1 N–H and O–H groups in total. The molecule has 4 heterocycles. The molecule has 186 valence electrons. The molecule has 0 saturated carbocycles. The van der Waals surface area contributed by atoms with E-state index in [1.165, 1.54) is 0 Å². The molecule has 0 spiro atoms. The van der Waals surface area contributed by atoms with Crippen LogP contribution in [0.2, 0.25) is 5.15 Å². The number of aromatic nitrogens is 5. The lowest BCUT2D eigenvalue weighted by Crippen LogP contribution is -2.19. The molecule has 7 rings (SSSR count). The second-order valence-corrected chi connectivity index (χ2v) is 9.28. The number of halogens is 1. The Labute approximate surface area is 225 Å². The molecule has 2 aliphatic rings. The molecule has 2 aliphatic heterocycles. The standard InChI is InChI=1S/C30H17ClN6O2/c31-27-25-26(34-36-35-27)24-20(17-9-3-1-4-10-17)16-22(21-15-18-11-7-8-14-23(18)39-28(21)32)37(29(24)33-30(25)38)19-12-5-2-6-13-19/h1-16,32H. The van der Waals surface area contributed by atoms with Crippen LogP contribution in [0.4, 0.5) is 0 Å². The third-order valence-corrected chi connectivity index (χ3v) is 6.92. The zero-order valence-electron chi connectivity index (χ0n) is 20.2. The Balaban J connectivity index is 1.73. The van der Waals surface area contributed by atoms with Crippen molar-refractivity contribution in [3.8, 4) is 39.5 Å². The maximum absolute atomic E-state index is 13.4. The van der Waals surface area contributed by atoms with Gasteiger partial charge >= 0.3 is 0 Å². The Bertz CT molecular complexity index is 2120. The van der Waals surface area contributed by atoms with Gasteiger partial charge in [0.25, 0.3) is 5.56 Å². The molecule has 3 aromatic carbocycles. The summed E-state index contributed by atoms with van der Waals surface area (Å²) in [7, 11) is 0. The minimum Gasteiger partial charge on any atom is -0.438 e. The smallest absolute Gasteiger partial charge is 0.284 e. The first-order valence-corrected chi connectivity index (χ1v) is 12.4. The zero-order chi connectivity index (χ0) is 26.5. The largest absolute Gasteiger partial charge is 0.438 e. The number of fused-ring (bicyclic) bond motifs is 4. The molecule has 2 aromatic heterocycles. The fourth-order valence-electron chi connectivity index (χ4n) is 4.93. The van der Waals surface area contributed by atoms with E-state index in [9.17, 15) is 4.79 Å². The third-order valence-electron chi connectivity index (χ3n) is 6.66. The summed E-state index contributed by atoms with van der Waals surface area (Å²) in [5.74, 6) is 0.346. The molecular formula is C30H17ClN6O2. The van der Waals surface area contributed by atoms with Crippen molar-refractivity contribution < 1.29 is 4.42 Å². The normalized spacial score (nSPS) is 11.4. The van der Waals surface area contributed by atoms with Crippen molar-refractivity contribution in [2.45, 2.75) is 0 Å². The van der Waals surface area contributed by atoms with Crippen LogP contribution in [0.3, 0.4) is 0 Å². The van der Waals surface area contributed by atoms with Crippen LogP contribution in [0, 0.1) is 5.41 Å². The Kier molecular flexibility index (Phi) is 5.28. The monoisotopic (exact) mass is 528 g/mol. The van der Waals surface area contributed by atoms with Crippen LogP contribution < -0.4 is 11.1 Å². The summed E-state index contributed by atoms with van der Waals surface area (Å²) in [5.41, 5.74) is 4.40. The van der Waals surface area contributed by atoms with Crippen molar-refractivity contribution in [3.05, 3.63) is 118 Å². The highest BCUT2D eigenvalue weighted by Gasteiger charge is 2.27. The Hall–Kier alpha value is -5.21. The summed E-state index contributed by atoms with van der Waals surface area (Å²) in [6.07, 6.45) is 0. The summed E-state index contributed by atoms with van der Waals surface area (Å²) in [6, 6.07) is 30.6. The first-order chi connectivity index (χ1) is 19.1. The summed E-state index contributed by atoms with van der Waals surface area (Å²) >= 11 is 6.32. The third kappa shape index (κ3) is 3.69. The van der Waals surface area contributed by atoms with E-state index < -0.39 is 5.56 Å². The van der Waals surface area contributed by atoms with Gasteiger partial charge in [0, 0.05) is 11.1 Å². The highest BCUT2D eigenvalue weighted by molar-refractivity contribution is 6.34.